The minimum atomic E-state index is -4.10. The number of rotatable bonds is 4. The third-order valence-corrected chi connectivity index (χ3v) is 7.55. The highest BCUT2D eigenvalue weighted by Crippen LogP contribution is 2.19. The van der Waals surface area contributed by atoms with Crippen molar-refractivity contribution in [2.75, 3.05) is 16.8 Å². The lowest BCUT2D eigenvalue weighted by Gasteiger charge is -2.11. The molecule has 0 bridgehead atoms. The first-order valence-corrected chi connectivity index (χ1v) is 10.5. The van der Waals surface area contributed by atoms with Crippen LogP contribution in [0, 0.1) is 13.8 Å². The molecule has 0 aliphatic rings. The number of para-hydroxylation sites is 1. The third-order valence-electron chi connectivity index (χ3n) is 3.26. The van der Waals surface area contributed by atoms with Gasteiger partial charge in [-0.15, -0.1) is 5.10 Å². The lowest BCUT2D eigenvalue weighted by molar-refractivity contribution is 0.252. The first kappa shape index (κ1) is 20.1. The van der Waals surface area contributed by atoms with E-state index in [1.807, 2.05) is 11.5 Å². The van der Waals surface area contributed by atoms with Crippen molar-refractivity contribution in [3.63, 3.8) is 0 Å². The van der Waals surface area contributed by atoms with Crippen molar-refractivity contribution in [3.05, 3.63) is 29.3 Å². The van der Waals surface area contributed by atoms with E-state index in [1.54, 1.807) is 26.0 Å². The summed E-state index contributed by atoms with van der Waals surface area (Å²) in [6.07, 6.45) is 0. The van der Waals surface area contributed by atoms with Crippen LogP contribution in [0.1, 0.15) is 25.0 Å². The molecule has 0 heterocycles. The summed E-state index contributed by atoms with van der Waals surface area (Å²) in [6.45, 7) is 6.18. The molecule has 0 spiro atoms. The highest BCUT2D eigenvalue weighted by molar-refractivity contribution is 8.31. The fourth-order valence-corrected chi connectivity index (χ4v) is 4.95. The lowest BCUT2D eigenvalue weighted by atomic mass is 10.1. The van der Waals surface area contributed by atoms with E-state index >= 15 is 0 Å². The van der Waals surface area contributed by atoms with Crippen molar-refractivity contribution < 1.29 is 21.6 Å². The van der Waals surface area contributed by atoms with Crippen LogP contribution in [0.5, 0.6) is 0 Å². The van der Waals surface area contributed by atoms with Crippen LogP contribution < -0.4 is 10.7 Å². The summed E-state index contributed by atoms with van der Waals surface area (Å²) in [6, 6.07) is 4.58. The van der Waals surface area contributed by atoms with Gasteiger partial charge in [-0.1, -0.05) is 32.0 Å². The summed E-state index contributed by atoms with van der Waals surface area (Å²) in [5.41, 5.74) is 4.10. The van der Waals surface area contributed by atoms with Crippen LogP contribution in [0.25, 0.3) is 0 Å². The Bertz CT molecular complexity index is 802. The second-order valence-corrected chi connectivity index (χ2v) is 9.66. The number of amides is 2. The number of carbonyl (C=O) groups is 1. The first-order chi connectivity index (χ1) is 11.0. The van der Waals surface area contributed by atoms with Crippen molar-refractivity contribution in [2.24, 2.45) is 5.10 Å². The predicted molar refractivity (Wildman–Crippen MR) is 94.4 cm³/mol. The average Bonchev–Trinajstić information content (AvgIpc) is 2.50. The van der Waals surface area contributed by atoms with Crippen LogP contribution in [0.2, 0.25) is 0 Å². The Kier molecular flexibility index (Phi) is 6.50. The van der Waals surface area contributed by atoms with Crippen molar-refractivity contribution in [1.82, 2.24) is 5.43 Å². The number of benzene rings is 1. The molecular formula is C14H21N3O5S2. The van der Waals surface area contributed by atoms with Gasteiger partial charge in [0.05, 0.1) is 11.5 Å². The summed E-state index contributed by atoms with van der Waals surface area (Å²) in [7, 11) is -8.19. The zero-order valence-electron chi connectivity index (χ0n) is 14.0. The van der Waals surface area contributed by atoms with Gasteiger partial charge in [0.2, 0.25) is 19.7 Å². The van der Waals surface area contributed by atoms with Gasteiger partial charge in [0, 0.05) is 5.69 Å². The number of sulfone groups is 2. The fourth-order valence-electron chi connectivity index (χ4n) is 1.83. The maximum Gasteiger partial charge on any atom is 0.339 e. The Morgan fingerprint density at radius 2 is 1.46 bits per heavy atom. The van der Waals surface area contributed by atoms with E-state index in [-0.39, 0.29) is 0 Å². The molecule has 0 aliphatic carbocycles. The molecule has 1 rings (SSSR count). The van der Waals surface area contributed by atoms with Crippen molar-refractivity contribution in [1.29, 1.82) is 0 Å². The van der Waals surface area contributed by atoms with Gasteiger partial charge in [0.25, 0.3) is 4.38 Å². The second kappa shape index (κ2) is 7.75. The molecule has 1 aromatic rings. The molecular weight excluding hydrogens is 354 g/mol. The number of hydrazone groups is 1. The summed E-state index contributed by atoms with van der Waals surface area (Å²) >= 11 is 0. The molecule has 2 amide bonds. The SMILES string of the molecule is CCS(=O)(=O)C(=NNC(=O)Nc1c(C)cccc1C)S(=O)(=O)CC. The minimum absolute atomic E-state index is 0.439. The molecule has 2 N–H and O–H groups in total. The van der Waals surface area contributed by atoms with E-state index < -0.39 is 41.6 Å². The van der Waals surface area contributed by atoms with E-state index in [4.69, 9.17) is 0 Å². The Labute approximate surface area is 142 Å². The first-order valence-electron chi connectivity index (χ1n) is 7.21. The second-order valence-electron chi connectivity index (χ2n) is 5.02. The summed E-state index contributed by atoms with van der Waals surface area (Å²) in [4.78, 5) is 11.9. The van der Waals surface area contributed by atoms with Gasteiger partial charge in [-0.05, 0) is 25.0 Å². The van der Waals surface area contributed by atoms with Crippen LogP contribution in [0.3, 0.4) is 0 Å². The van der Waals surface area contributed by atoms with Crippen LogP contribution in [0.15, 0.2) is 23.3 Å². The van der Waals surface area contributed by atoms with Crippen LogP contribution in [0.4, 0.5) is 10.5 Å². The average molecular weight is 375 g/mol. The molecule has 0 atom stereocenters. The number of hydrogen-bond donors (Lipinski definition) is 2. The standard InChI is InChI=1S/C14H21N3O5S2/c1-5-23(19,20)14(24(21,22)6-2)17-16-13(18)15-12-10(3)8-7-9-11(12)4/h7-9H,5-6H2,1-4H3,(H2,15,16,18). The topological polar surface area (TPSA) is 122 Å². The normalized spacial score (nSPS) is 11.7. The van der Waals surface area contributed by atoms with Gasteiger partial charge >= 0.3 is 6.03 Å². The lowest BCUT2D eigenvalue weighted by Crippen LogP contribution is -2.33. The van der Waals surface area contributed by atoms with E-state index in [1.165, 1.54) is 13.8 Å². The molecule has 10 heteroatoms. The minimum Gasteiger partial charge on any atom is -0.306 e. The molecule has 0 saturated heterocycles. The molecule has 1 aromatic carbocycles. The fraction of sp³-hybridized carbons (Fsp3) is 0.429. The molecule has 24 heavy (non-hydrogen) atoms. The number of nitrogens with zero attached hydrogens (tertiary/aromatic N) is 1. The molecule has 0 aliphatic heterocycles. The van der Waals surface area contributed by atoms with E-state index in [0.29, 0.717) is 5.69 Å². The monoisotopic (exact) mass is 375 g/mol. The van der Waals surface area contributed by atoms with E-state index in [0.717, 1.165) is 11.1 Å². The number of nitrogens with one attached hydrogen (secondary N) is 2. The van der Waals surface area contributed by atoms with Crippen molar-refractivity contribution in [2.45, 2.75) is 27.7 Å². The summed E-state index contributed by atoms with van der Waals surface area (Å²) in [5.74, 6) is -0.878. The van der Waals surface area contributed by atoms with Gasteiger partial charge in [0.15, 0.2) is 0 Å². The Morgan fingerprint density at radius 3 is 1.88 bits per heavy atom. The Balaban J connectivity index is 3.09. The van der Waals surface area contributed by atoms with Gasteiger partial charge in [-0.25, -0.2) is 27.1 Å². The van der Waals surface area contributed by atoms with Crippen LogP contribution in [-0.4, -0.2) is 38.7 Å². The van der Waals surface area contributed by atoms with Crippen LogP contribution in [-0.2, 0) is 19.7 Å². The van der Waals surface area contributed by atoms with Crippen molar-refractivity contribution >= 4 is 35.8 Å². The van der Waals surface area contributed by atoms with E-state index in [2.05, 4.69) is 10.4 Å². The number of carbonyl (C=O) groups excluding carboxylic acids is 1. The van der Waals surface area contributed by atoms with Gasteiger partial charge in [0.1, 0.15) is 0 Å². The summed E-state index contributed by atoms with van der Waals surface area (Å²) < 4.78 is 46.6. The largest absolute Gasteiger partial charge is 0.339 e. The maximum absolute atomic E-state index is 11.9. The smallest absolute Gasteiger partial charge is 0.306 e. The predicted octanol–water partition coefficient (Wildman–Crippen LogP) is 1.57. The van der Waals surface area contributed by atoms with Gasteiger partial charge in [-0.3, -0.25) is 0 Å². The van der Waals surface area contributed by atoms with Gasteiger partial charge < -0.3 is 5.32 Å². The number of anilines is 1. The zero-order chi connectivity index (χ0) is 18.5. The summed E-state index contributed by atoms with van der Waals surface area (Å²) in [5, 5.41) is 5.87. The highest BCUT2D eigenvalue weighted by Gasteiger charge is 2.30. The zero-order valence-corrected chi connectivity index (χ0v) is 15.6. The Morgan fingerprint density at radius 1 is 1.00 bits per heavy atom. The van der Waals surface area contributed by atoms with Crippen LogP contribution >= 0.6 is 0 Å². The van der Waals surface area contributed by atoms with E-state index in [9.17, 15) is 21.6 Å². The molecule has 0 fully saturated rings. The molecule has 0 saturated carbocycles. The molecule has 0 unspecified atom stereocenters. The quantitative estimate of drug-likeness (QED) is 0.470. The number of aryl methyl sites for hydroxylation is 2. The Hall–Kier alpha value is -1.94. The molecule has 0 radical (unpaired) electrons. The maximum atomic E-state index is 11.9. The highest BCUT2D eigenvalue weighted by atomic mass is 32.3. The van der Waals surface area contributed by atoms with Crippen molar-refractivity contribution in [3.8, 4) is 0 Å². The van der Waals surface area contributed by atoms with Gasteiger partial charge in [-0.2, -0.15) is 0 Å². The third kappa shape index (κ3) is 4.78. The number of urea groups is 1. The molecule has 8 nitrogen and oxygen atoms in total. The molecule has 134 valence electrons. The number of hydrogen-bond acceptors (Lipinski definition) is 6. The molecule has 0 aromatic heterocycles.